The van der Waals surface area contributed by atoms with Crippen LogP contribution in [0.5, 0.6) is 0 Å². The lowest BCUT2D eigenvalue weighted by molar-refractivity contribution is 0.264. The molecule has 0 radical (unpaired) electrons. The zero-order chi connectivity index (χ0) is 12.1. The van der Waals surface area contributed by atoms with Crippen molar-refractivity contribution in [1.82, 2.24) is 0 Å². The molecule has 0 bridgehead atoms. The second kappa shape index (κ2) is 6.98. The van der Waals surface area contributed by atoms with E-state index in [4.69, 9.17) is 11.6 Å². The minimum atomic E-state index is 0.191. The number of alkyl halides is 2. The smallest absolute Gasteiger partial charge is 0.0623 e. The molecule has 0 heterocycles. The first kappa shape index (κ1) is 13.7. The van der Waals surface area contributed by atoms with Gasteiger partial charge in [-0.15, -0.1) is 11.6 Å². The van der Waals surface area contributed by atoms with Crippen LogP contribution in [0.4, 0.5) is 0 Å². The van der Waals surface area contributed by atoms with E-state index in [1.165, 1.54) is 42.1 Å². The van der Waals surface area contributed by atoms with Crippen LogP contribution in [-0.2, 0) is 0 Å². The molecule has 2 atom stereocenters. The number of hydrogen-bond donors (Lipinski definition) is 0. The van der Waals surface area contributed by atoms with Crippen molar-refractivity contribution in [3.8, 4) is 0 Å². The number of hydrogen-bond acceptors (Lipinski definition) is 0. The minimum absolute atomic E-state index is 0.191. The lowest BCUT2D eigenvalue weighted by Crippen LogP contribution is -2.23. The number of benzene rings is 1. The van der Waals surface area contributed by atoms with Crippen LogP contribution < -0.4 is 0 Å². The van der Waals surface area contributed by atoms with E-state index >= 15 is 0 Å². The molecule has 0 amide bonds. The second-order valence-corrected chi connectivity index (χ2v) is 6.38. The highest BCUT2D eigenvalue weighted by Crippen LogP contribution is 2.41. The highest BCUT2D eigenvalue weighted by molar-refractivity contribution is 14.1. The van der Waals surface area contributed by atoms with Crippen molar-refractivity contribution in [2.45, 2.75) is 37.5 Å². The van der Waals surface area contributed by atoms with E-state index in [9.17, 15) is 0 Å². The van der Waals surface area contributed by atoms with E-state index in [0.717, 1.165) is 5.92 Å². The van der Waals surface area contributed by atoms with Gasteiger partial charge in [0.2, 0.25) is 0 Å². The van der Waals surface area contributed by atoms with Gasteiger partial charge in [0, 0.05) is 4.43 Å². The first-order valence-corrected chi connectivity index (χ1v) is 8.54. The predicted octanol–water partition coefficient (Wildman–Crippen LogP) is 5.60. The van der Waals surface area contributed by atoms with Crippen LogP contribution in [0, 0.1) is 11.8 Å². The Morgan fingerprint density at radius 1 is 1.12 bits per heavy atom. The van der Waals surface area contributed by atoms with Crippen LogP contribution in [0.3, 0.4) is 0 Å². The van der Waals surface area contributed by atoms with E-state index in [0.29, 0.717) is 5.92 Å². The Hall–Kier alpha value is 0.240. The molecule has 17 heavy (non-hydrogen) atoms. The molecule has 0 N–H and O–H groups in total. The fourth-order valence-electron chi connectivity index (χ4n) is 2.89. The molecule has 0 nitrogen and oxygen atoms in total. The van der Waals surface area contributed by atoms with Gasteiger partial charge in [-0.1, -0.05) is 85.0 Å². The van der Waals surface area contributed by atoms with Crippen molar-refractivity contribution in [2.75, 3.05) is 4.43 Å². The maximum atomic E-state index is 6.70. The maximum Gasteiger partial charge on any atom is 0.0623 e. The third-order valence-electron chi connectivity index (χ3n) is 3.93. The molecule has 0 spiro atoms. The van der Waals surface area contributed by atoms with Gasteiger partial charge in [0.25, 0.3) is 0 Å². The average Bonchev–Trinajstić information content (AvgIpc) is 2.42. The van der Waals surface area contributed by atoms with Crippen molar-refractivity contribution < 1.29 is 0 Å². The molecule has 1 aromatic rings. The van der Waals surface area contributed by atoms with E-state index in [1.807, 2.05) is 0 Å². The van der Waals surface area contributed by atoms with Crippen LogP contribution in [0.25, 0.3) is 0 Å². The lowest BCUT2D eigenvalue weighted by atomic mass is 9.78. The first-order valence-electron chi connectivity index (χ1n) is 6.58. The van der Waals surface area contributed by atoms with Gasteiger partial charge in [-0.05, 0) is 17.4 Å². The largest absolute Gasteiger partial charge is 0.117 e. The summed E-state index contributed by atoms with van der Waals surface area (Å²) in [5.74, 6) is 1.48. The molecule has 1 aliphatic rings. The Balaban J connectivity index is 2.06. The van der Waals surface area contributed by atoms with Gasteiger partial charge in [0.05, 0.1) is 5.38 Å². The highest BCUT2D eigenvalue weighted by atomic mass is 127. The summed E-state index contributed by atoms with van der Waals surface area (Å²) in [6.07, 6.45) is 6.97. The van der Waals surface area contributed by atoms with Crippen molar-refractivity contribution in [1.29, 1.82) is 0 Å². The molecule has 0 saturated heterocycles. The van der Waals surface area contributed by atoms with Crippen molar-refractivity contribution in [3.63, 3.8) is 0 Å². The molecule has 2 heteroatoms. The van der Waals surface area contributed by atoms with E-state index in [1.54, 1.807) is 0 Å². The zero-order valence-electron chi connectivity index (χ0n) is 10.1. The molecular weight excluding hydrogens is 343 g/mol. The standard InChI is InChI=1S/C15H20ClI/c16-15(13-9-5-2-6-10-13)14(11-17)12-7-3-1-4-8-12/h2,5-6,9-10,12,14-15H,1,3-4,7-8,11H2. The Bertz CT molecular complexity index is 319. The number of rotatable bonds is 4. The Morgan fingerprint density at radius 3 is 2.35 bits per heavy atom. The van der Waals surface area contributed by atoms with Gasteiger partial charge < -0.3 is 0 Å². The summed E-state index contributed by atoms with van der Waals surface area (Å²) in [6.45, 7) is 0. The van der Waals surface area contributed by atoms with Gasteiger partial charge in [0.15, 0.2) is 0 Å². The van der Waals surface area contributed by atoms with E-state index in [2.05, 4.69) is 52.9 Å². The molecule has 0 aromatic heterocycles. The summed E-state index contributed by atoms with van der Waals surface area (Å²) in [5.41, 5.74) is 1.29. The molecule has 1 aliphatic carbocycles. The topological polar surface area (TPSA) is 0 Å². The van der Waals surface area contributed by atoms with Crippen LogP contribution >= 0.6 is 34.2 Å². The minimum Gasteiger partial charge on any atom is -0.117 e. The molecule has 2 rings (SSSR count). The highest BCUT2D eigenvalue weighted by Gasteiger charge is 2.29. The van der Waals surface area contributed by atoms with Gasteiger partial charge in [-0.3, -0.25) is 0 Å². The summed E-state index contributed by atoms with van der Waals surface area (Å²) in [7, 11) is 0. The maximum absolute atomic E-state index is 6.70. The predicted molar refractivity (Wildman–Crippen MR) is 84.0 cm³/mol. The second-order valence-electron chi connectivity index (χ2n) is 5.03. The lowest BCUT2D eigenvalue weighted by Gasteiger charge is -2.32. The van der Waals surface area contributed by atoms with Crippen LogP contribution in [-0.4, -0.2) is 4.43 Å². The van der Waals surface area contributed by atoms with Gasteiger partial charge in [0.1, 0.15) is 0 Å². The van der Waals surface area contributed by atoms with E-state index in [-0.39, 0.29) is 5.38 Å². The summed E-state index contributed by atoms with van der Waals surface area (Å²) in [4.78, 5) is 0. The van der Waals surface area contributed by atoms with Crippen LogP contribution in [0.2, 0.25) is 0 Å². The molecule has 0 aliphatic heterocycles. The van der Waals surface area contributed by atoms with Crippen LogP contribution in [0.15, 0.2) is 30.3 Å². The van der Waals surface area contributed by atoms with Gasteiger partial charge in [-0.25, -0.2) is 0 Å². The Morgan fingerprint density at radius 2 is 1.76 bits per heavy atom. The average molecular weight is 363 g/mol. The normalized spacial score (nSPS) is 21.1. The molecule has 94 valence electrons. The van der Waals surface area contributed by atoms with Crippen molar-refractivity contribution >= 4 is 34.2 Å². The summed E-state index contributed by atoms with van der Waals surface area (Å²) in [5, 5.41) is 0.191. The van der Waals surface area contributed by atoms with E-state index < -0.39 is 0 Å². The van der Waals surface area contributed by atoms with Gasteiger partial charge >= 0.3 is 0 Å². The first-order chi connectivity index (χ1) is 8.33. The SMILES string of the molecule is ClC(c1ccccc1)C(CI)C1CCCCC1. The monoisotopic (exact) mass is 362 g/mol. The fraction of sp³-hybridized carbons (Fsp3) is 0.600. The molecule has 2 unspecified atom stereocenters. The molecule has 1 aromatic carbocycles. The van der Waals surface area contributed by atoms with Crippen LogP contribution in [0.1, 0.15) is 43.0 Å². The summed E-state index contributed by atoms with van der Waals surface area (Å²) >= 11 is 9.21. The fourth-order valence-corrected chi connectivity index (χ4v) is 4.86. The third kappa shape index (κ3) is 3.60. The summed E-state index contributed by atoms with van der Waals surface area (Å²) in [6, 6.07) is 10.6. The zero-order valence-corrected chi connectivity index (χ0v) is 13.0. The molecule has 1 fully saturated rings. The quantitative estimate of drug-likeness (QED) is 0.483. The molecular formula is C15H20ClI. The third-order valence-corrected chi connectivity index (χ3v) is 5.52. The molecule has 1 saturated carbocycles. The summed E-state index contributed by atoms with van der Waals surface area (Å²) < 4.78 is 1.17. The Kier molecular flexibility index (Phi) is 5.61. The van der Waals surface area contributed by atoms with Gasteiger partial charge in [-0.2, -0.15) is 0 Å². The number of halogens is 2. The van der Waals surface area contributed by atoms with Crippen molar-refractivity contribution in [3.05, 3.63) is 35.9 Å². The Labute approximate surface area is 123 Å². The van der Waals surface area contributed by atoms with Crippen molar-refractivity contribution in [2.24, 2.45) is 11.8 Å².